The molecule has 1 aromatic rings. The summed E-state index contributed by atoms with van der Waals surface area (Å²) in [6.07, 6.45) is 1.88. The maximum atomic E-state index is 13.3. The number of ether oxygens (including phenoxy) is 1. The topological polar surface area (TPSA) is 79.0 Å². The predicted molar refractivity (Wildman–Crippen MR) is 112 cm³/mol. The zero-order valence-electron chi connectivity index (χ0n) is 17.5. The lowest BCUT2D eigenvalue weighted by molar-refractivity contribution is -0.131. The van der Waals surface area contributed by atoms with Crippen molar-refractivity contribution in [3.8, 4) is 0 Å². The Labute approximate surface area is 174 Å². The summed E-state index contributed by atoms with van der Waals surface area (Å²) in [6, 6.07) is 7.08. The number of nitrogens with zero attached hydrogens (tertiary/aromatic N) is 2. The fourth-order valence-electron chi connectivity index (χ4n) is 3.79. The highest BCUT2D eigenvalue weighted by Gasteiger charge is 2.30. The number of piperazine rings is 1. The van der Waals surface area contributed by atoms with Crippen LogP contribution in [0.15, 0.2) is 29.2 Å². The number of carbonyl (C=O) groups is 1. The Hall–Kier alpha value is -1.48. The molecule has 3 rings (SSSR count). The largest absolute Gasteiger partial charge is 0.377 e. The van der Waals surface area contributed by atoms with Crippen LogP contribution in [0.5, 0.6) is 0 Å². The average molecular weight is 424 g/mol. The van der Waals surface area contributed by atoms with Crippen LogP contribution in [0.2, 0.25) is 0 Å². The summed E-state index contributed by atoms with van der Waals surface area (Å²) >= 11 is 0. The van der Waals surface area contributed by atoms with E-state index in [9.17, 15) is 13.2 Å². The zero-order chi connectivity index (χ0) is 20.9. The van der Waals surface area contributed by atoms with E-state index in [0.717, 1.165) is 31.5 Å². The first-order valence-electron chi connectivity index (χ1n) is 10.6. The molecule has 7 nitrogen and oxygen atoms in total. The summed E-state index contributed by atoms with van der Waals surface area (Å²) in [6.45, 7) is 8.21. The fourth-order valence-corrected chi connectivity index (χ4v) is 5.26. The molecule has 0 radical (unpaired) electrons. The Bertz CT molecular complexity index is 768. The van der Waals surface area contributed by atoms with Crippen molar-refractivity contribution in [2.75, 3.05) is 45.9 Å². The molecule has 2 saturated heterocycles. The van der Waals surface area contributed by atoms with Gasteiger partial charge in [-0.1, -0.05) is 26.0 Å². The molecule has 0 aliphatic carbocycles. The number of sulfonamides is 1. The van der Waals surface area contributed by atoms with Crippen molar-refractivity contribution in [1.82, 2.24) is 14.5 Å². The minimum atomic E-state index is -3.69. The van der Waals surface area contributed by atoms with Gasteiger partial charge in [0.1, 0.15) is 0 Å². The molecular weight excluding hydrogens is 390 g/mol. The van der Waals surface area contributed by atoms with Gasteiger partial charge in [-0.15, -0.1) is 0 Å². The van der Waals surface area contributed by atoms with Crippen molar-refractivity contribution in [1.29, 1.82) is 0 Å². The number of carbonyl (C=O) groups excluding carboxylic acids is 1. The molecule has 8 heteroatoms. The maximum Gasteiger partial charge on any atom is 0.243 e. The van der Waals surface area contributed by atoms with E-state index < -0.39 is 10.0 Å². The van der Waals surface area contributed by atoms with E-state index in [4.69, 9.17) is 4.74 Å². The van der Waals surface area contributed by atoms with Gasteiger partial charge in [0.15, 0.2) is 0 Å². The third-order valence-corrected chi connectivity index (χ3v) is 7.54. The van der Waals surface area contributed by atoms with Crippen LogP contribution in [0.1, 0.15) is 44.6 Å². The van der Waals surface area contributed by atoms with Crippen LogP contribution in [0, 0.1) is 0 Å². The van der Waals surface area contributed by atoms with Gasteiger partial charge in [-0.05, 0) is 36.5 Å². The number of amides is 1. The van der Waals surface area contributed by atoms with Gasteiger partial charge in [0.25, 0.3) is 0 Å². The Morgan fingerprint density at radius 3 is 2.52 bits per heavy atom. The third-order valence-electron chi connectivity index (χ3n) is 5.66. The number of rotatable bonds is 8. The molecule has 0 aromatic heterocycles. The van der Waals surface area contributed by atoms with Gasteiger partial charge >= 0.3 is 0 Å². The molecule has 1 amide bonds. The Kier molecular flexibility index (Phi) is 7.67. The first-order valence-corrected chi connectivity index (χ1v) is 12.0. The molecule has 2 heterocycles. The Morgan fingerprint density at radius 1 is 1.24 bits per heavy atom. The first-order chi connectivity index (χ1) is 13.9. The van der Waals surface area contributed by atoms with E-state index in [1.165, 1.54) is 4.31 Å². The summed E-state index contributed by atoms with van der Waals surface area (Å²) in [5.74, 6) is 0.348. The van der Waals surface area contributed by atoms with Gasteiger partial charge in [-0.3, -0.25) is 4.79 Å². The molecule has 0 bridgehead atoms. The molecule has 2 aliphatic rings. The van der Waals surface area contributed by atoms with Gasteiger partial charge in [-0.25, -0.2) is 8.42 Å². The SMILES string of the molecule is CC(C)c1ccc(S(=O)(=O)N(CCC(=O)N2CCNCC2)CC2CCCO2)cc1. The number of benzene rings is 1. The standard InChI is InChI=1S/C21H33N3O4S/c1-17(2)18-5-7-20(8-6-18)29(26,27)24(16-19-4-3-15-28-19)12-9-21(25)23-13-10-22-11-14-23/h5-8,17,19,22H,3-4,9-16H2,1-2H3. The molecule has 2 aliphatic heterocycles. The number of hydrogen-bond acceptors (Lipinski definition) is 5. The summed E-state index contributed by atoms with van der Waals surface area (Å²) in [5, 5.41) is 3.22. The van der Waals surface area contributed by atoms with Crippen molar-refractivity contribution >= 4 is 15.9 Å². The molecule has 1 unspecified atom stereocenters. The van der Waals surface area contributed by atoms with Crippen molar-refractivity contribution < 1.29 is 17.9 Å². The molecule has 29 heavy (non-hydrogen) atoms. The van der Waals surface area contributed by atoms with Gasteiger partial charge in [0.05, 0.1) is 11.0 Å². The first kappa shape index (κ1) is 22.2. The monoisotopic (exact) mass is 423 g/mol. The van der Waals surface area contributed by atoms with Crippen molar-refractivity contribution in [2.45, 2.75) is 50.0 Å². The quantitative estimate of drug-likeness (QED) is 0.690. The van der Waals surface area contributed by atoms with E-state index in [0.29, 0.717) is 32.2 Å². The zero-order valence-corrected chi connectivity index (χ0v) is 18.3. The van der Waals surface area contributed by atoms with E-state index in [1.807, 2.05) is 17.0 Å². The van der Waals surface area contributed by atoms with E-state index in [2.05, 4.69) is 19.2 Å². The second kappa shape index (κ2) is 10.0. The highest BCUT2D eigenvalue weighted by molar-refractivity contribution is 7.89. The van der Waals surface area contributed by atoms with Crippen molar-refractivity contribution in [3.63, 3.8) is 0 Å². The molecule has 162 valence electrons. The fraction of sp³-hybridized carbons (Fsp3) is 0.667. The summed E-state index contributed by atoms with van der Waals surface area (Å²) in [7, 11) is -3.69. The van der Waals surface area contributed by atoms with Crippen LogP contribution in [0.4, 0.5) is 0 Å². The van der Waals surface area contributed by atoms with Gasteiger partial charge in [0, 0.05) is 52.3 Å². The van der Waals surface area contributed by atoms with Crippen LogP contribution in [0.3, 0.4) is 0 Å². The van der Waals surface area contributed by atoms with E-state index >= 15 is 0 Å². The van der Waals surface area contributed by atoms with Crippen molar-refractivity contribution in [3.05, 3.63) is 29.8 Å². The van der Waals surface area contributed by atoms with Crippen LogP contribution < -0.4 is 5.32 Å². The van der Waals surface area contributed by atoms with Gasteiger partial charge in [0.2, 0.25) is 15.9 Å². The number of nitrogens with one attached hydrogen (secondary N) is 1. The van der Waals surface area contributed by atoms with E-state index in [1.54, 1.807) is 12.1 Å². The van der Waals surface area contributed by atoms with E-state index in [-0.39, 0.29) is 29.9 Å². The lowest BCUT2D eigenvalue weighted by Crippen LogP contribution is -2.47. The van der Waals surface area contributed by atoms with Crippen LogP contribution >= 0.6 is 0 Å². The minimum absolute atomic E-state index is 0.00851. The molecule has 1 atom stereocenters. The summed E-state index contributed by atoms with van der Waals surface area (Å²) < 4.78 is 33.8. The normalized spacial score (nSPS) is 20.6. The summed E-state index contributed by atoms with van der Waals surface area (Å²) in [4.78, 5) is 14.7. The van der Waals surface area contributed by atoms with Gasteiger partial charge in [-0.2, -0.15) is 4.31 Å². The third kappa shape index (κ3) is 5.78. The highest BCUT2D eigenvalue weighted by Crippen LogP contribution is 2.23. The molecule has 0 saturated carbocycles. The summed E-state index contributed by atoms with van der Waals surface area (Å²) in [5.41, 5.74) is 1.10. The van der Waals surface area contributed by atoms with Crippen LogP contribution in [0.25, 0.3) is 0 Å². The second-order valence-electron chi connectivity index (χ2n) is 8.10. The lowest BCUT2D eigenvalue weighted by atomic mass is 10.0. The smallest absolute Gasteiger partial charge is 0.243 e. The van der Waals surface area contributed by atoms with Crippen LogP contribution in [-0.4, -0.2) is 75.5 Å². The second-order valence-corrected chi connectivity index (χ2v) is 10.0. The van der Waals surface area contributed by atoms with Gasteiger partial charge < -0.3 is 15.0 Å². The Balaban J connectivity index is 1.73. The maximum absolute atomic E-state index is 13.3. The molecule has 1 aromatic carbocycles. The molecule has 1 N–H and O–H groups in total. The minimum Gasteiger partial charge on any atom is -0.377 e. The molecule has 2 fully saturated rings. The highest BCUT2D eigenvalue weighted by atomic mass is 32.2. The molecule has 0 spiro atoms. The average Bonchev–Trinajstić information content (AvgIpc) is 3.24. The number of hydrogen-bond donors (Lipinski definition) is 1. The van der Waals surface area contributed by atoms with Crippen molar-refractivity contribution in [2.24, 2.45) is 0 Å². The molecular formula is C21H33N3O4S. The Morgan fingerprint density at radius 2 is 1.93 bits per heavy atom. The predicted octanol–water partition coefficient (Wildman–Crippen LogP) is 1.80. The van der Waals surface area contributed by atoms with Crippen LogP contribution in [-0.2, 0) is 19.6 Å². The lowest BCUT2D eigenvalue weighted by Gasteiger charge is -2.29.